The third-order valence-corrected chi connectivity index (χ3v) is 13.3. The quantitative estimate of drug-likeness (QED) is 0.273. The first-order valence-electron chi connectivity index (χ1n) is 20.5. The second-order valence-corrected chi connectivity index (χ2v) is 17.7. The van der Waals surface area contributed by atoms with Crippen molar-refractivity contribution in [3.05, 3.63) is 12.5 Å². The van der Waals surface area contributed by atoms with E-state index in [-0.39, 0.29) is 26.2 Å². The Labute approximate surface area is 319 Å². The summed E-state index contributed by atoms with van der Waals surface area (Å²) in [7, 11) is 4.43. The molecule has 0 aromatic rings. The van der Waals surface area contributed by atoms with E-state index in [1.54, 1.807) is 0 Å². The van der Waals surface area contributed by atoms with E-state index in [0.29, 0.717) is 16.2 Å². The van der Waals surface area contributed by atoms with Crippen LogP contribution >= 0.6 is 0 Å². The second-order valence-electron chi connectivity index (χ2n) is 17.7. The molecule has 9 heterocycles. The number of hydrogen-bond donors (Lipinski definition) is 5. The van der Waals surface area contributed by atoms with Gasteiger partial charge >= 0.3 is 0 Å². The molecular formula is C41H82N8O3. The van der Waals surface area contributed by atoms with Gasteiger partial charge in [0, 0.05) is 88.9 Å². The predicted molar refractivity (Wildman–Crippen MR) is 216 cm³/mol. The van der Waals surface area contributed by atoms with E-state index in [0.717, 1.165) is 64.4 Å². The molecule has 52 heavy (non-hydrogen) atoms. The number of nitrogens with one attached hydrogen (secondary N) is 5. The molecular weight excluding hydrogens is 653 g/mol. The molecule has 1 aliphatic carbocycles. The van der Waals surface area contributed by atoms with Crippen LogP contribution in [0.2, 0.25) is 0 Å². The summed E-state index contributed by atoms with van der Waals surface area (Å²) >= 11 is 0. The fourth-order valence-electron chi connectivity index (χ4n) is 10.3. The standard InChI is InChI=1S/C8H14N2O.2C8H16N2.C8H14O2.C7H14N2.2CH4/c1-7-10-6-8(11-7)2-4-9-5-3-8;1-10-5-3-8(7-10)2-4-9-6-8;1-2-10-6-8(7-10)3-4-9-5-8;1-2-4-8(5-3-1)9-6-7-10-8;1-9-5-7(6-9)2-3-8-4-7;;/h9-10H,1-6H2;2*9H,2-7H2,1H3;1-7H2;8H,2-6H2,1H3;2*1H4. The van der Waals surface area contributed by atoms with Gasteiger partial charge in [-0.15, -0.1) is 0 Å². The first-order chi connectivity index (χ1) is 24.2. The van der Waals surface area contributed by atoms with Crippen molar-refractivity contribution < 1.29 is 14.2 Å². The highest BCUT2D eigenvalue weighted by molar-refractivity contribution is 5.02. The van der Waals surface area contributed by atoms with E-state index in [1.807, 2.05) is 0 Å². The lowest BCUT2D eigenvalue weighted by atomic mass is 9.79. The lowest BCUT2D eigenvalue weighted by Crippen LogP contribution is -2.56. The minimum absolute atomic E-state index is 0. The van der Waals surface area contributed by atoms with Crippen molar-refractivity contribution in [2.75, 3.05) is 132 Å². The predicted octanol–water partition coefficient (Wildman–Crippen LogP) is 3.68. The normalized spacial score (nSPS) is 31.6. The van der Waals surface area contributed by atoms with Gasteiger partial charge in [0.1, 0.15) is 5.60 Å². The van der Waals surface area contributed by atoms with E-state index in [4.69, 9.17) is 14.2 Å². The molecule has 0 amide bonds. The molecule has 5 N–H and O–H groups in total. The topological polar surface area (TPSA) is 97.6 Å². The Morgan fingerprint density at radius 1 is 0.596 bits per heavy atom. The van der Waals surface area contributed by atoms with Crippen LogP contribution in [0.25, 0.3) is 0 Å². The summed E-state index contributed by atoms with van der Waals surface area (Å²) < 4.78 is 16.8. The number of piperidine rings is 1. The van der Waals surface area contributed by atoms with Crippen LogP contribution in [0, 0.1) is 16.2 Å². The lowest BCUT2D eigenvalue weighted by Gasteiger charge is -2.47. The van der Waals surface area contributed by atoms with E-state index in [2.05, 4.69) is 68.9 Å². The number of nitrogens with zero attached hydrogens (tertiary/aromatic N) is 3. The summed E-state index contributed by atoms with van der Waals surface area (Å²) in [5, 5.41) is 16.7. The van der Waals surface area contributed by atoms with Gasteiger partial charge in [0.15, 0.2) is 11.7 Å². The zero-order valence-electron chi connectivity index (χ0n) is 32.3. The molecule has 10 fully saturated rings. The van der Waals surface area contributed by atoms with Crippen LogP contribution in [0.3, 0.4) is 0 Å². The number of likely N-dealkylation sites (tertiary alicyclic amines) is 3. The minimum atomic E-state index is -0.127. The van der Waals surface area contributed by atoms with E-state index >= 15 is 0 Å². The molecule has 304 valence electrons. The highest BCUT2D eigenvalue weighted by Crippen LogP contribution is 2.37. The summed E-state index contributed by atoms with van der Waals surface area (Å²) in [4.78, 5) is 7.37. The number of hydrogen-bond acceptors (Lipinski definition) is 11. The van der Waals surface area contributed by atoms with E-state index < -0.39 is 0 Å². The summed E-state index contributed by atoms with van der Waals surface area (Å²) in [5.74, 6) is 0.616. The summed E-state index contributed by atoms with van der Waals surface area (Å²) in [6.07, 6.45) is 14.0. The maximum atomic E-state index is 5.64. The zero-order chi connectivity index (χ0) is 35.0. The molecule has 1 saturated carbocycles. The van der Waals surface area contributed by atoms with E-state index in [1.165, 1.54) is 130 Å². The van der Waals surface area contributed by atoms with Crippen LogP contribution in [0.1, 0.15) is 92.4 Å². The molecule has 1 unspecified atom stereocenters. The van der Waals surface area contributed by atoms with Crippen LogP contribution in [0.5, 0.6) is 0 Å². The molecule has 0 aromatic carbocycles. The molecule has 11 heteroatoms. The average molecular weight is 735 g/mol. The zero-order valence-corrected chi connectivity index (χ0v) is 32.3. The van der Waals surface area contributed by atoms with Crippen LogP contribution in [0.4, 0.5) is 0 Å². The maximum absolute atomic E-state index is 5.64. The van der Waals surface area contributed by atoms with Crippen molar-refractivity contribution in [2.45, 2.75) is 104 Å². The van der Waals surface area contributed by atoms with Crippen molar-refractivity contribution in [1.29, 1.82) is 0 Å². The van der Waals surface area contributed by atoms with Crippen molar-refractivity contribution in [3.63, 3.8) is 0 Å². The van der Waals surface area contributed by atoms with Gasteiger partial charge in [0.2, 0.25) is 0 Å². The van der Waals surface area contributed by atoms with E-state index in [9.17, 15) is 0 Å². The van der Waals surface area contributed by atoms with Crippen LogP contribution in [0.15, 0.2) is 12.5 Å². The molecule has 0 bridgehead atoms. The SMILES string of the molecule is C.C.C1CCC2(CC1)OCCO2.C=C1NCC2(CCNCC2)O1.CCN1CC2(CCNC2)C1.CN1CC2(CCNC2)C1.CN1CCC2(CCNC2)C1. The fraction of sp³-hybridized carbons (Fsp3) is 0.951. The third-order valence-electron chi connectivity index (χ3n) is 13.3. The monoisotopic (exact) mass is 735 g/mol. The third kappa shape index (κ3) is 11.5. The molecule has 0 aromatic heterocycles. The van der Waals surface area contributed by atoms with Gasteiger partial charge in [-0.3, -0.25) is 0 Å². The molecule has 11 nitrogen and oxygen atoms in total. The van der Waals surface area contributed by atoms with Gasteiger partial charge < -0.3 is 55.5 Å². The summed E-state index contributed by atoms with van der Waals surface area (Å²) in [5.41, 5.74) is 2.15. The Bertz CT molecular complexity index is 1010. The van der Waals surface area contributed by atoms with Gasteiger partial charge in [-0.05, 0) is 110 Å². The van der Waals surface area contributed by atoms with Gasteiger partial charge in [0.25, 0.3) is 0 Å². The van der Waals surface area contributed by atoms with Gasteiger partial charge in [-0.25, -0.2) is 0 Å². The van der Waals surface area contributed by atoms with Crippen molar-refractivity contribution in [2.24, 2.45) is 16.2 Å². The fourth-order valence-corrected chi connectivity index (χ4v) is 10.3. The van der Waals surface area contributed by atoms with Crippen LogP contribution < -0.4 is 26.6 Å². The highest BCUT2D eigenvalue weighted by Gasteiger charge is 2.44. The first kappa shape index (κ1) is 43.7. The Morgan fingerprint density at radius 2 is 1.12 bits per heavy atom. The molecule has 9 saturated heterocycles. The van der Waals surface area contributed by atoms with Crippen LogP contribution in [-0.2, 0) is 14.2 Å². The summed E-state index contributed by atoms with van der Waals surface area (Å²) in [6.45, 7) is 27.4. The van der Waals surface area contributed by atoms with Gasteiger partial charge in [-0.2, -0.15) is 0 Å². The molecule has 5 spiro atoms. The van der Waals surface area contributed by atoms with Crippen molar-refractivity contribution >= 4 is 0 Å². The Morgan fingerprint density at radius 3 is 1.56 bits per heavy atom. The minimum Gasteiger partial charge on any atom is -0.471 e. The number of ether oxygens (including phenoxy) is 3. The molecule has 10 rings (SSSR count). The highest BCUT2D eigenvalue weighted by atomic mass is 16.7. The lowest BCUT2D eigenvalue weighted by molar-refractivity contribution is -0.176. The second kappa shape index (κ2) is 19.7. The molecule has 0 radical (unpaired) electrons. The molecule has 1 atom stereocenters. The average Bonchev–Trinajstić information content (AvgIpc) is 3.95. The van der Waals surface area contributed by atoms with Crippen molar-refractivity contribution in [1.82, 2.24) is 41.3 Å². The Hall–Kier alpha value is -1.02. The van der Waals surface area contributed by atoms with Crippen LogP contribution in [-0.4, -0.2) is 158 Å². The Kier molecular flexibility index (Phi) is 16.6. The number of rotatable bonds is 1. The molecule has 10 aliphatic rings. The van der Waals surface area contributed by atoms with Gasteiger partial charge in [0.05, 0.1) is 19.8 Å². The molecule has 9 aliphatic heterocycles. The first-order valence-corrected chi connectivity index (χ1v) is 20.5. The summed E-state index contributed by atoms with van der Waals surface area (Å²) in [6, 6.07) is 0. The smallest absolute Gasteiger partial charge is 0.180 e. The largest absolute Gasteiger partial charge is 0.471 e. The maximum Gasteiger partial charge on any atom is 0.180 e. The Balaban J connectivity index is 0.000000144. The van der Waals surface area contributed by atoms with Gasteiger partial charge in [-0.1, -0.05) is 28.2 Å². The van der Waals surface area contributed by atoms with Crippen molar-refractivity contribution in [3.8, 4) is 0 Å².